The van der Waals surface area contributed by atoms with Crippen molar-refractivity contribution in [3.63, 3.8) is 0 Å². The molecule has 1 aromatic heterocycles. The Hall–Kier alpha value is -4.31. The quantitative estimate of drug-likeness (QED) is 0.323. The number of rotatable bonds is 6. The second kappa shape index (κ2) is 11.7. The molecule has 0 fully saturated rings. The third-order valence-electron chi connectivity index (χ3n) is 6.40. The Morgan fingerprint density at radius 1 is 1.02 bits per heavy atom. The topological polar surface area (TPSA) is 113 Å². The molecule has 1 aliphatic rings. The number of fused-ring (bicyclic) bond motifs is 1. The van der Waals surface area contributed by atoms with E-state index in [1.807, 2.05) is 24.3 Å². The van der Waals surface area contributed by atoms with E-state index in [9.17, 15) is 19.2 Å². The Kier molecular flexibility index (Phi) is 8.44. The van der Waals surface area contributed by atoms with Gasteiger partial charge in [0.25, 0.3) is 5.56 Å². The number of esters is 3. The summed E-state index contributed by atoms with van der Waals surface area (Å²) >= 11 is 1.15. The summed E-state index contributed by atoms with van der Waals surface area (Å²) in [4.78, 5) is 55.3. The number of ether oxygens (including phenoxy) is 3. The highest BCUT2D eigenvalue weighted by atomic mass is 32.1. The summed E-state index contributed by atoms with van der Waals surface area (Å²) in [7, 11) is 0. The van der Waals surface area contributed by atoms with Crippen LogP contribution in [0, 0.1) is 0 Å². The summed E-state index contributed by atoms with van der Waals surface area (Å²) in [5.74, 6) is -1.32. The number of carbonyl (C=O) groups is 3. The molecule has 0 bridgehead atoms. The van der Waals surface area contributed by atoms with Gasteiger partial charge in [0.2, 0.25) is 0 Å². The molecule has 10 heteroatoms. The predicted octanol–water partition coefficient (Wildman–Crippen LogP) is 3.95. The standard InChI is InChI=1S/C31H32N2O7S/c1-8-38-29(37)26-17(2)32-30-33(27(26)20-9-12-22(13-10-20)31(5,6)7)28(36)25(41-30)15-21-11-14-23(39-18(3)34)16-24(21)40-19(4)35/h9-16,27H,8H2,1-7H3/b25-15-/t27-/m1/s1. The lowest BCUT2D eigenvalue weighted by atomic mass is 9.85. The van der Waals surface area contributed by atoms with E-state index < -0.39 is 23.9 Å². The van der Waals surface area contributed by atoms with Crippen LogP contribution in [0.1, 0.15) is 71.2 Å². The first-order valence-electron chi connectivity index (χ1n) is 13.1. The third-order valence-corrected chi connectivity index (χ3v) is 7.38. The highest BCUT2D eigenvalue weighted by Gasteiger charge is 2.33. The highest BCUT2D eigenvalue weighted by Crippen LogP contribution is 2.32. The van der Waals surface area contributed by atoms with Gasteiger partial charge < -0.3 is 14.2 Å². The van der Waals surface area contributed by atoms with E-state index in [0.717, 1.165) is 22.5 Å². The molecule has 4 rings (SSSR count). The smallest absolute Gasteiger partial charge is 0.338 e. The predicted molar refractivity (Wildman–Crippen MR) is 155 cm³/mol. The molecule has 0 N–H and O–H groups in total. The van der Waals surface area contributed by atoms with Crippen LogP contribution >= 0.6 is 11.3 Å². The van der Waals surface area contributed by atoms with Crippen LogP contribution in [-0.4, -0.2) is 29.1 Å². The number of aromatic nitrogens is 1. The average Bonchev–Trinajstić information content (AvgIpc) is 3.18. The van der Waals surface area contributed by atoms with Crippen molar-refractivity contribution in [3.8, 4) is 11.5 Å². The zero-order valence-corrected chi connectivity index (χ0v) is 24.9. The van der Waals surface area contributed by atoms with Gasteiger partial charge in [0.1, 0.15) is 11.5 Å². The van der Waals surface area contributed by atoms with Crippen LogP contribution in [0.15, 0.2) is 63.5 Å². The van der Waals surface area contributed by atoms with Crippen LogP contribution in [0.3, 0.4) is 0 Å². The summed E-state index contributed by atoms with van der Waals surface area (Å²) in [5.41, 5.74) is 2.59. The van der Waals surface area contributed by atoms with Crippen LogP contribution in [-0.2, 0) is 24.5 Å². The second-order valence-corrected chi connectivity index (χ2v) is 11.6. The van der Waals surface area contributed by atoms with Crippen molar-refractivity contribution in [3.05, 3.63) is 90.1 Å². The molecular formula is C31H32N2O7S. The van der Waals surface area contributed by atoms with Crippen molar-refractivity contribution >= 4 is 35.3 Å². The Morgan fingerprint density at radius 2 is 1.68 bits per heavy atom. The lowest BCUT2D eigenvalue weighted by Crippen LogP contribution is -2.40. The van der Waals surface area contributed by atoms with Crippen molar-refractivity contribution in [2.45, 2.75) is 59.9 Å². The molecule has 1 aliphatic heterocycles. The molecule has 2 aromatic carbocycles. The number of carbonyl (C=O) groups excluding carboxylic acids is 3. The maximum absolute atomic E-state index is 13.9. The second-order valence-electron chi connectivity index (χ2n) is 10.6. The van der Waals surface area contributed by atoms with E-state index in [4.69, 9.17) is 14.2 Å². The van der Waals surface area contributed by atoms with Gasteiger partial charge >= 0.3 is 17.9 Å². The minimum Gasteiger partial charge on any atom is -0.463 e. The first-order chi connectivity index (χ1) is 19.3. The minimum absolute atomic E-state index is 0.0761. The number of benzene rings is 2. The molecule has 0 saturated heterocycles. The zero-order valence-electron chi connectivity index (χ0n) is 24.1. The third kappa shape index (κ3) is 6.38. The monoisotopic (exact) mass is 576 g/mol. The van der Waals surface area contributed by atoms with Crippen LogP contribution in [0.4, 0.5) is 0 Å². The molecule has 0 radical (unpaired) electrons. The van der Waals surface area contributed by atoms with Crippen LogP contribution in [0.5, 0.6) is 11.5 Å². The van der Waals surface area contributed by atoms with Gasteiger partial charge in [0.15, 0.2) is 4.80 Å². The van der Waals surface area contributed by atoms with Gasteiger partial charge in [-0.1, -0.05) is 56.4 Å². The lowest BCUT2D eigenvalue weighted by molar-refractivity contribution is -0.139. The fourth-order valence-corrected chi connectivity index (χ4v) is 5.56. The Labute approximate surface area is 241 Å². The highest BCUT2D eigenvalue weighted by molar-refractivity contribution is 7.07. The molecule has 41 heavy (non-hydrogen) atoms. The molecule has 0 amide bonds. The molecule has 0 spiro atoms. The molecule has 3 aromatic rings. The first-order valence-corrected chi connectivity index (χ1v) is 13.9. The van der Waals surface area contributed by atoms with E-state index in [1.54, 1.807) is 32.1 Å². The largest absolute Gasteiger partial charge is 0.463 e. The number of thiazole rings is 1. The van der Waals surface area contributed by atoms with Gasteiger partial charge in [-0.2, -0.15) is 0 Å². The van der Waals surface area contributed by atoms with E-state index in [1.165, 1.54) is 24.5 Å². The minimum atomic E-state index is -0.749. The summed E-state index contributed by atoms with van der Waals surface area (Å²) in [5, 5.41) is 0. The van der Waals surface area contributed by atoms with Gasteiger partial charge in [-0.3, -0.25) is 19.0 Å². The number of allylic oxidation sites excluding steroid dienone is 1. The summed E-state index contributed by atoms with van der Waals surface area (Å²) < 4.78 is 17.6. The van der Waals surface area contributed by atoms with Crippen molar-refractivity contribution in [1.82, 2.24) is 4.57 Å². The van der Waals surface area contributed by atoms with Crippen molar-refractivity contribution < 1.29 is 28.6 Å². The molecule has 0 saturated carbocycles. The fourth-order valence-electron chi connectivity index (χ4n) is 4.52. The van der Waals surface area contributed by atoms with Crippen molar-refractivity contribution in [2.75, 3.05) is 6.61 Å². The van der Waals surface area contributed by atoms with Crippen LogP contribution < -0.4 is 24.4 Å². The molecule has 0 aliphatic carbocycles. The van der Waals surface area contributed by atoms with Gasteiger partial charge in [-0.15, -0.1) is 0 Å². The molecule has 214 valence electrons. The van der Waals surface area contributed by atoms with E-state index in [-0.39, 0.29) is 29.1 Å². The van der Waals surface area contributed by atoms with Crippen LogP contribution in [0.2, 0.25) is 0 Å². The first kappa shape index (κ1) is 29.7. The molecule has 1 atom stereocenters. The lowest BCUT2D eigenvalue weighted by Gasteiger charge is -2.26. The maximum atomic E-state index is 13.9. The van der Waals surface area contributed by atoms with Crippen molar-refractivity contribution in [2.24, 2.45) is 4.99 Å². The van der Waals surface area contributed by atoms with Crippen molar-refractivity contribution in [1.29, 1.82) is 0 Å². The molecule has 0 unspecified atom stereocenters. The number of nitrogens with zero attached hydrogens (tertiary/aromatic N) is 2. The SMILES string of the molecule is CCOC(=O)C1=C(C)N=c2s/c(=C\c3ccc(OC(C)=O)cc3OC(C)=O)c(=O)n2[C@@H]1c1ccc(C(C)(C)C)cc1. The summed E-state index contributed by atoms with van der Waals surface area (Å²) in [6.45, 7) is 12.5. The molecule has 9 nitrogen and oxygen atoms in total. The molecule has 2 heterocycles. The van der Waals surface area contributed by atoms with Gasteiger partial charge in [0.05, 0.1) is 28.5 Å². The molecular weight excluding hydrogens is 544 g/mol. The normalized spacial score (nSPS) is 15.2. The summed E-state index contributed by atoms with van der Waals surface area (Å²) in [6.07, 6.45) is 1.59. The Balaban J connectivity index is 1.92. The van der Waals surface area contributed by atoms with E-state index >= 15 is 0 Å². The van der Waals surface area contributed by atoms with Gasteiger partial charge in [0, 0.05) is 25.5 Å². The Bertz CT molecular complexity index is 1740. The maximum Gasteiger partial charge on any atom is 0.338 e. The summed E-state index contributed by atoms with van der Waals surface area (Å²) in [6, 6.07) is 11.6. The van der Waals surface area contributed by atoms with Gasteiger partial charge in [-0.05, 0) is 48.6 Å². The number of hydrogen-bond acceptors (Lipinski definition) is 9. The average molecular weight is 577 g/mol. The zero-order chi connectivity index (χ0) is 30.1. The van der Waals surface area contributed by atoms with E-state index in [2.05, 4.69) is 25.8 Å². The Morgan fingerprint density at radius 3 is 2.27 bits per heavy atom. The van der Waals surface area contributed by atoms with Gasteiger partial charge in [-0.25, -0.2) is 9.79 Å². The van der Waals surface area contributed by atoms with E-state index in [0.29, 0.717) is 26.2 Å². The van der Waals surface area contributed by atoms with Crippen LogP contribution in [0.25, 0.3) is 6.08 Å². The number of hydrogen-bond donors (Lipinski definition) is 0. The fraction of sp³-hybridized carbons (Fsp3) is 0.323.